The van der Waals surface area contributed by atoms with Crippen molar-refractivity contribution in [2.45, 2.75) is 12.3 Å². The van der Waals surface area contributed by atoms with Gasteiger partial charge in [0.15, 0.2) is 5.88 Å². The molecule has 16 heavy (non-hydrogen) atoms. The molecule has 4 nitrogen and oxygen atoms in total. The third-order valence-corrected chi connectivity index (χ3v) is 3.05. The number of methoxy groups -OCH3 is 1. The molecular formula is C12H14N2O2. The van der Waals surface area contributed by atoms with Crippen molar-refractivity contribution in [2.24, 2.45) is 0 Å². The van der Waals surface area contributed by atoms with E-state index in [1.165, 1.54) is 0 Å². The van der Waals surface area contributed by atoms with E-state index in [0.717, 1.165) is 36.9 Å². The van der Waals surface area contributed by atoms with Crippen molar-refractivity contribution in [1.82, 2.24) is 9.38 Å². The van der Waals surface area contributed by atoms with Crippen molar-refractivity contribution < 1.29 is 9.47 Å². The minimum Gasteiger partial charge on any atom is -0.482 e. The Labute approximate surface area is 93.8 Å². The van der Waals surface area contributed by atoms with Gasteiger partial charge in [0.05, 0.1) is 25.4 Å². The van der Waals surface area contributed by atoms with Gasteiger partial charge in [-0.15, -0.1) is 0 Å². The lowest BCUT2D eigenvalue weighted by Crippen LogP contribution is -2.05. The summed E-state index contributed by atoms with van der Waals surface area (Å²) in [6, 6.07) is 5.97. The van der Waals surface area contributed by atoms with Gasteiger partial charge in [0.25, 0.3) is 0 Å². The molecule has 4 heteroatoms. The van der Waals surface area contributed by atoms with E-state index in [1.54, 1.807) is 7.11 Å². The third-order valence-electron chi connectivity index (χ3n) is 3.05. The molecule has 0 aliphatic carbocycles. The van der Waals surface area contributed by atoms with Crippen molar-refractivity contribution in [1.29, 1.82) is 0 Å². The molecule has 0 N–H and O–H groups in total. The monoisotopic (exact) mass is 218 g/mol. The van der Waals surface area contributed by atoms with Gasteiger partial charge in [0, 0.05) is 12.5 Å². The summed E-state index contributed by atoms with van der Waals surface area (Å²) in [6.07, 6.45) is 2.92. The van der Waals surface area contributed by atoms with E-state index in [0.29, 0.717) is 5.92 Å². The number of nitrogens with zero attached hydrogens (tertiary/aromatic N) is 2. The van der Waals surface area contributed by atoms with Gasteiger partial charge >= 0.3 is 0 Å². The number of rotatable bonds is 2. The molecule has 1 aliphatic heterocycles. The smallest absolute Gasteiger partial charge is 0.199 e. The van der Waals surface area contributed by atoms with Gasteiger partial charge in [0.1, 0.15) is 5.82 Å². The number of imidazole rings is 1. The molecule has 0 saturated carbocycles. The summed E-state index contributed by atoms with van der Waals surface area (Å²) in [5.74, 6) is 2.26. The molecule has 2 aromatic heterocycles. The zero-order chi connectivity index (χ0) is 11.0. The molecule has 1 aliphatic rings. The van der Waals surface area contributed by atoms with Crippen LogP contribution in [0.15, 0.2) is 24.4 Å². The fourth-order valence-corrected chi connectivity index (χ4v) is 2.23. The van der Waals surface area contributed by atoms with Crippen molar-refractivity contribution in [3.8, 4) is 5.88 Å². The number of aromatic nitrogens is 2. The van der Waals surface area contributed by atoms with Crippen LogP contribution in [0.4, 0.5) is 0 Å². The molecule has 3 rings (SSSR count). The fraction of sp³-hybridized carbons (Fsp3) is 0.417. The Kier molecular flexibility index (Phi) is 2.29. The van der Waals surface area contributed by atoms with Gasteiger partial charge in [-0.3, -0.25) is 4.40 Å². The molecular weight excluding hydrogens is 204 g/mol. The number of fused-ring (bicyclic) bond motifs is 1. The van der Waals surface area contributed by atoms with E-state index in [2.05, 4.69) is 9.38 Å². The Hall–Kier alpha value is -1.55. The standard InChI is InChI=1S/C12H14N2O2/c1-15-11-4-2-3-10-7-13-12(14(10)11)9-5-6-16-8-9/h2-4,7,9H,5-6,8H2,1H3. The fourth-order valence-electron chi connectivity index (χ4n) is 2.23. The molecule has 2 aromatic rings. The maximum Gasteiger partial charge on any atom is 0.199 e. The molecule has 3 heterocycles. The van der Waals surface area contributed by atoms with E-state index in [4.69, 9.17) is 9.47 Å². The molecule has 1 saturated heterocycles. The second-order valence-corrected chi connectivity index (χ2v) is 4.01. The number of hydrogen-bond donors (Lipinski definition) is 0. The SMILES string of the molecule is COc1cccc2cnc(C3CCOC3)n12. The Balaban J connectivity index is 2.16. The largest absolute Gasteiger partial charge is 0.482 e. The molecule has 0 bridgehead atoms. The molecule has 84 valence electrons. The lowest BCUT2D eigenvalue weighted by atomic mass is 10.1. The van der Waals surface area contributed by atoms with E-state index in [-0.39, 0.29) is 0 Å². The Bertz CT molecular complexity index is 501. The first kappa shape index (κ1) is 9.66. The summed E-state index contributed by atoms with van der Waals surface area (Å²) in [6.45, 7) is 1.59. The summed E-state index contributed by atoms with van der Waals surface area (Å²) in [7, 11) is 1.68. The van der Waals surface area contributed by atoms with Crippen LogP contribution in [-0.2, 0) is 4.74 Å². The second-order valence-electron chi connectivity index (χ2n) is 4.01. The van der Waals surface area contributed by atoms with E-state index < -0.39 is 0 Å². The topological polar surface area (TPSA) is 35.8 Å². The summed E-state index contributed by atoms with van der Waals surface area (Å²) in [5.41, 5.74) is 1.07. The predicted octanol–water partition coefficient (Wildman–Crippen LogP) is 1.85. The molecule has 0 spiro atoms. The van der Waals surface area contributed by atoms with Gasteiger partial charge in [-0.05, 0) is 18.6 Å². The lowest BCUT2D eigenvalue weighted by molar-refractivity contribution is 0.193. The predicted molar refractivity (Wildman–Crippen MR) is 59.9 cm³/mol. The van der Waals surface area contributed by atoms with Crippen LogP contribution in [0.25, 0.3) is 5.52 Å². The van der Waals surface area contributed by atoms with Crippen LogP contribution in [0.2, 0.25) is 0 Å². The normalized spacial score (nSPS) is 20.4. The van der Waals surface area contributed by atoms with Crippen LogP contribution in [-0.4, -0.2) is 29.7 Å². The van der Waals surface area contributed by atoms with Gasteiger partial charge in [-0.25, -0.2) is 4.98 Å². The maximum atomic E-state index is 5.41. The molecule has 1 fully saturated rings. The third kappa shape index (κ3) is 1.38. The van der Waals surface area contributed by atoms with E-state index >= 15 is 0 Å². The Morgan fingerprint density at radius 3 is 3.19 bits per heavy atom. The van der Waals surface area contributed by atoms with E-state index in [1.807, 2.05) is 24.4 Å². The summed E-state index contributed by atoms with van der Waals surface area (Å²) < 4.78 is 12.8. The van der Waals surface area contributed by atoms with Crippen LogP contribution in [0.1, 0.15) is 18.2 Å². The van der Waals surface area contributed by atoms with Crippen molar-refractivity contribution in [2.75, 3.05) is 20.3 Å². The van der Waals surface area contributed by atoms with Gasteiger partial charge in [-0.2, -0.15) is 0 Å². The number of pyridine rings is 1. The molecule has 1 unspecified atom stereocenters. The Morgan fingerprint density at radius 1 is 1.50 bits per heavy atom. The minimum absolute atomic E-state index is 0.388. The minimum atomic E-state index is 0.388. The number of ether oxygens (including phenoxy) is 2. The Morgan fingerprint density at radius 2 is 2.44 bits per heavy atom. The van der Waals surface area contributed by atoms with Gasteiger partial charge in [-0.1, -0.05) is 6.07 Å². The average molecular weight is 218 g/mol. The molecule has 0 radical (unpaired) electrons. The van der Waals surface area contributed by atoms with Crippen LogP contribution in [0, 0.1) is 0 Å². The van der Waals surface area contributed by atoms with Crippen molar-refractivity contribution >= 4 is 5.52 Å². The second kappa shape index (κ2) is 3.79. The zero-order valence-electron chi connectivity index (χ0n) is 9.22. The van der Waals surface area contributed by atoms with Crippen LogP contribution >= 0.6 is 0 Å². The van der Waals surface area contributed by atoms with Gasteiger partial charge in [0.2, 0.25) is 0 Å². The quantitative estimate of drug-likeness (QED) is 0.771. The first-order chi connectivity index (χ1) is 7.90. The first-order valence-corrected chi connectivity index (χ1v) is 5.48. The zero-order valence-corrected chi connectivity index (χ0v) is 9.22. The first-order valence-electron chi connectivity index (χ1n) is 5.48. The maximum absolute atomic E-state index is 5.41. The van der Waals surface area contributed by atoms with Crippen LogP contribution in [0.5, 0.6) is 5.88 Å². The average Bonchev–Trinajstić information content (AvgIpc) is 2.96. The highest BCUT2D eigenvalue weighted by atomic mass is 16.5. The van der Waals surface area contributed by atoms with Gasteiger partial charge < -0.3 is 9.47 Å². The lowest BCUT2D eigenvalue weighted by Gasteiger charge is -2.10. The summed E-state index contributed by atoms with van der Waals surface area (Å²) >= 11 is 0. The van der Waals surface area contributed by atoms with Crippen molar-refractivity contribution in [3.63, 3.8) is 0 Å². The molecule has 1 atom stereocenters. The van der Waals surface area contributed by atoms with Crippen LogP contribution < -0.4 is 4.74 Å². The summed E-state index contributed by atoms with van der Waals surface area (Å²) in [4.78, 5) is 4.49. The highest BCUT2D eigenvalue weighted by molar-refractivity contribution is 5.49. The summed E-state index contributed by atoms with van der Waals surface area (Å²) in [5, 5.41) is 0. The highest BCUT2D eigenvalue weighted by Gasteiger charge is 2.23. The van der Waals surface area contributed by atoms with E-state index in [9.17, 15) is 0 Å². The van der Waals surface area contributed by atoms with Crippen LogP contribution in [0.3, 0.4) is 0 Å². The number of hydrogen-bond acceptors (Lipinski definition) is 3. The highest BCUT2D eigenvalue weighted by Crippen LogP contribution is 2.27. The molecule has 0 amide bonds. The molecule has 0 aromatic carbocycles. The van der Waals surface area contributed by atoms with Crippen molar-refractivity contribution in [3.05, 3.63) is 30.2 Å².